The van der Waals surface area contributed by atoms with Gasteiger partial charge in [0, 0.05) is 5.56 Å². The van der Waals surface area contributed by atoms with Crippen molar-refractivity contribution < 1.29 is 22.3 Å². The van der Waals surface area contributed by atoms with Gasteiger partial charge >= 0.3 is 6.61 Å². The minimum Gasteiger partial charge on any atom is -0.435 e. The standard InChI is InChI=1S/C14H11F4NO/c15-9-4-5-12(16)11(7-9)13(19)8-2-1-3-10(6-8)20-14(17)18/h1-7,13-14H,19H2. The largest absolute Gasteiger partial charge is 0.435 e. The van der Waals surface area contributed by atoms with E-state index in [9.17, 15) is 17.6 Å². The molecule has 0 aliphatic heterocycles. The van der Waals surface area contributed by atoms with Crippen molar-refractivity contribution >= 4 is 0 Å². The Balaban J connectivity index is 2.33. The fourth-order valence-corrected chi connectivity index (χ4v) is 1.82. The molecule has 2 nitrogen and oxygen atoms in total. The van der Waals surface area contributed by atoms with Crippen LogP contribution in [0.4, 0.5) is 17.6 Å². The van der Waals surface area contributed by atoms with E-state index in [4.69, 9.17) is 5.73 Å². The highest BCUT2D eigenvalue weighted by atomic mass is 19.3. The van der Waals surface area contributed by atoms with Gasteiger partial charge < -0.3 is 10.5 Å². The summed E-state index contributed by atoms with van der Waals surface area (Å²) in [7, 11) is 0. The van der Waals surface area contributed by atoms with Crippen molar-refractivity contribution in [1.29, 1.82) is 0 Å². The van der Waals surface area contributed by atoms with E-state index in [2.05, 4.69) is 4.74 Å². The molecule has 1 unspecified atom stereocenters. The summed E-state index contributed by atoms with van der Waals surface area (Å²) in [4.78, 5) is 0. The molecule has 0 radical (unpaired) electrons. The maximum atomic E-state index is 13.6. The average Bonchev–Trinajstić information content (AvgIpc) is 2.40. The molecule has 0 aliphatic carbocycles. The maximum absolute atomic E-state index is 13.6. The van der Waals surface area contributed by atoms with Crippen molar-refractivity contribution in [3.8, 4) is 5.75 Å². The van der Waals surface area contributed by atoms with E-state index in [-0.39, 0.29) is 11.3 Å². The third-order valence-electron chi connectivity index (χ3n) is 2.74. The van der Waals surface area contributed by atoms with Gasteiger partial charge in [-0.2, -0.15) is 8.78 Å². The summed E-state index contributed by atoms with van der Waals surface area (Å²) in [6, 6.07) is 7.49. The van der Waals surface area contributed by atoms with Gasteiger partial charge in [-0.15, -0.1) is 0 Å². The summed E-state index contributed by atoms with van der Waals surface area (Å²) < 4.78 is 55.2. The number of rotatable bonds is 4. The molecular formula is C14H11F4NO. The summed E-state index contributed by atoms with van der Waals surface area (Å²) in [6.07, 6.45) is 0. The van der Waals surface area contributed by atoms with Crippen molar-refractivity contribution in [3.05, 3.63) is 65.2 Å². The Bertz CT molecular complexity index is 603. The fraction of sp³-hybridized carbons (Fsp3) is 0.143. The molecule has 0 amide bonds. The van der Waals surface area contributed by atoms with E-state index >= 15 is 0 Å². The lowest BCUT2D eigenvalue weighted by molar-refractivity contribution is -0.0498. The Morgan fingerprint density at radius 1 is 1.00 bits per heavy atom. The number of alkyl halides is 2. The van der Waals surface area contributed by atoms with Gasteiger partial charge in [-0.25, -0.2) is 8.78 Å². The summed E-state index contributed by atoms with van der Waals surface area (Å²) >= 11 is 0. The fourth-order valence-electron chi connectivity index (χ4n) is 1.82. The second kappa shape index (κ2) is 5.92. The molecule has 0 spiro atoms. The predicted molar refractivity (Wildman–Crippen MR) is 65.5 cm³/mol. The lowest BCUT2D eigenvalue weighted by atomic mass is 9.99. The Kier molecular flexibility index (Phi) is 4.24. The topological polar surface area (TPSA) is 35.2 Å². The van der Waals surface area contributed by atoms with Crippen LogP contribution in [0.2, 0.25) is 0 Å². The van der Waals surface area contributed by atoms with Gasteiger partial charge in [0.1, 0.15) is 17.4 Å². The normalized spacial score (nSPS) is 12.5. The number of hydrogen-bond acceptors (Lipinski definition) is 2. The Morgan fingerprint density at radius 2 is 1.75 bits per heavy atom. The number of benzene rings is 2. The minimum atomic E-state index is -2.97. The molecule has 2 aromatic rings. The van der Waals surface area contributed by atoms with Crippen molar-refractivity contribution in [2.75, 3.05) is 0 Å². The van der Waals surface area contributed by atoms with E-state index in [0.717, 1.165) is 18.2 Å². The van der Waals surface area contributed by atoms with Gasteiger partial charge in [-0.05, 0) is 35.9 Å². The van der Waals surface area contributed by atoms with Crippen LogP contribution in [0, 0.1) is 11.6 Å². The van der Waals surface area contributed by atoms with Crippen LogP contribution in [0.15, 0.2) is 42.5 Å². The molecule has 0 saturated carbocycles. The van der Waals surface area contributed by atoms with Crippen LogP contribution in [0.3, 0.4) is 0 Å². The third kappa shape index (κ3) is 3.27. The first kappa shape index (κ1) is 14.3. The Hall–Kier alpha value is -2.08. The highest BCUT2D eigenvalue weighted by Crippen LogP contribution is 2.26. The second-order valence-corrected chi connectivity index (χ2v) is 4.09. The molecule has 2 N–H and O–H groups in total. The number of hydrogen-bond donors (Lipinski definition) is 1. The van der Waals surface area contributed by atoms with Crippen LogP contribution in [-0.2, 0) is 0 Å². The van der Waals surface area contributed by atoms with Crippen LogP contribution in [0.25, 0.3) is 0 Å². The minimum absolute atomic E-state index is 0.0563. The number of ether oxygens (including phenoxy) is 1. The van der Waals surface area contributed by atoms with Crippen LogP contribution >= 0.6 is 0 Å². The molecule has 0 aliphatic rings. The maximum Gasteiger partial charge on any atom is 0.387 e. The van der Waals surface area contributed by atoms with Gasteiger partial charge in [0.25, 0.3) is 0 Å². The molecule has 1 atom stereocenters. The molecule has 0 bridgehead atoms. The smallest absolute Gasteiger partial charge is 0.387 e. The molecule has 0 saturated heterocycles. The zero-order chi connectivity index (χ0) is 14.7. The van der Waals surface area contributed by atoms with E-state index < -0.39 is 24.3 Å². The van der Waals surface area contributed by atoms with E-state index in [1.54, 1.807) is 0 Å². The highest BCUT2D eigenvalue weighted by Gasteiger charge is 2.16. The van der Waals surface area contributed by atoms with Gasteiger partial charge in [-0.3, -0.25) is 0 Å². The molecular weight excluding hydrogens is 274 g/mol. The van der Waals surface area contributed by atoms with Gasteiger partial charge in [0.2, 0.25) is 0 Å². The first-order valence-corrected chi connectivity index (χ1v) is 5.72. The lowest BCUT2D eigenvalue weighted by Gasteiger charge is -2.15. The van der Waals surface area contributed by atoms with Crippen molar-refractivity contribution in [3.63, 3.8) is 0 Å². The molecule has 106 valence electrons. The van der Waals surface area contributed by atoms with Crippen LogP contribution in [0.1, 0.15) is 17.2 Å². The summed E-state index contributed by atoms with van der Waals surface area (Å²) in [6.45, 7) is -2.97. The first-order chi connectivity index (χ1) is 9.47. The predicted octanol–water partition coefficient (Wildman–Crippen LogP) is 3.61. The molecule has 6 heteroatoms. The third-order valence-corrected chi connectivity index (χ3v) is 2.74. The van der Waals surface area contributed by atoms with Gasteiger partial charge in [0.05, 0.1) is 6.04 Å². The Labute approximate surface area is 112 Å². The summed E-state index contributed by atoms with van der Waals surface area (Å²) in [5.41, 5.74) is 6.12. The summed E-state index contributed by atoms with van der Waals surface area (Å²) in [5, 5.41) is 0. The number of nitrogens with two attached hydrogens (primary N) is 1. The first-order valence-electron chi connectivity index (χ1n) is 5.72. The lowest BCUT2D eigenvalue weighted by Crippen LogP contribution is -2.14. The summed E-state index contributed by atoms with van der Waals surface area (Å²) in [5.74, 6) is -1.39. The highest BCUT2D eigenvalue weighted by molar-refractivity contribution is 5.37. The molecule has 0 heterocycles. The SMILES string of the molecule is NC(c1cccc(OC(F)F)c1)c1cc(F)ccc1F. The zero-order valence-electron chi connectivity index (χ0n) is 10.2. The van der Waals surface area contributed by atoms with E-state index in [1.807, 2.05) is 0 Å². The van der Waals surface area contributed by atoms with E-state index in [1.165, 1.54) is 24.3 Å². The molecule has 2 rings (SSSR count). The Morgan fingerprint density at radius 3 is 2.45 bits per heavy atom. The van der Waals surface area contributed by atoms with Crippen LogP contribution in [-0.4, -0.2) is 6.61 Å². The molecule has 0 aromatic heterocycles. The van der Waals surface area contributed by atoms with Crippen molar-refractivity contribution in [1.82, 2.24) is 0 Å². The van der Waals surface area contributed by atoms with Crippen LogP contribution in [0.5, 0.6) is 5.75 Å². The van der Waals surface area contributed by atoms with E-state index in [0.29, 0.717) is 5.56 Å². The molecule has 0 fully saturated rings. The zero-order valence-corrected chi connectivity index (χ0v) is 10.2. The van der Waals surface area contributed by atoms with Crippen molar-refractivity contribution in [2.45, 2.75) is 12.7 Å². The van der Waals surface area contributed by atoms with Crippen molar-refractivity contribution in [2.24, 2.45) is 5.73 Å². The second-order valence-electron chi connectivity index (χ2n) is 4.09. The number of halogens is 4. The average molecular weight is 285 g/mol. The van der Waals surface area contributed by atoms with Crippen LogP contribution < -0.4 is 10.5 Å². The van der Waals surface area contributed by atoms with Gasteiger partial charge in [-0.1, -0.05) is 12.1 Å². The quantitative estimate of drug-likeness (QED) is 0.871. The monoisotopic (exact) mass is 285 g/mol. The molecule has 20 heavy (non-hydrogen) atoms. The van der Waals surface area contributed by atoms with Gasteiger partial charge in [0.15, 0.2) is 0 Å². The molecule has 2 aromatic carbocycles.